The summed E-state index contributed by atoms with van der Waals surface area (Å²) in [5.74, 6) is -0.858. The third kappa shape index (κ3) is 2.83. The molecule has 17 heavy (non-hydrogen) atoms. The molecule has 0 radical (unpaired) electrons. The molecule has 1 unspecified atom stereocenters. The minimum Gasteiger partial charge on any atom is -0.465 e. The number of methoxy groups -OCH3 is 1. The van der Waals surface area contributed by atoms with Gasteiger partial charge in [0.25, 0.3) is 0 Å². The normalized spacial score (nSPS) is 11.4. The summed E-state index contributed by atoms with van der Waals surface area (Å²) in [6.07, 6.45) is 0. The zero-order valence-electron chi connectivity index (χ0n) is 9.36. The van der Waals surface area contributed by atoms with Crippen molar-refractivity contribution in [2.45, 2.75) is 12.3 Å². The number of ether oxygens (including phenoxy) is 1. The molecule has 1 aromatic rings. The highest BCUT2D eigenvalue weighted by Crippen LogP contribution is 2.24. The molecule has 0 aliphatic heterocycles. The monoisotopic (exact) mass is 251 g/mol. The molecule has 5 heteroatoms. The SMILES string of the molecule is COC(=O)c1cc(C(Cl)C(C)=O)ccc1C#N. The van der Waals surface area contributed by atoms with Gasteiger partial charge in [0.15, 0.2) is 5.78 Å². The largest absolute Gasteiger partial charge is 0.465 e. The van der Waals surface area contributed by atoms with Crippen LogP contribution < -0.4 is 0 Å². The summed E-state index contributed by atoms with van der Waals surface area (Å²) < 4.78 is 4.56. The third-order valence-corrected chi connectivity index (χ3v) is 2.78. The molecule has 0 aliphatic rings. The maximum absolute atomic E-state index is 11.4. The Bertz CT molecular complexity index is 505. The Hall–Kier alpha value is -1.86. The van der Waals surface area contributed by atoms with Crippen LogP contribution in [0.1, 0.15) is 33.8 Å². The lowest BCUT2D eigenvalue weighted by molar-refractivity contribution is -0.116. The molecule has 4 nitrogen and oxygen atoms in total. The fourth-order valence-corrected chi connectivity index (χ4v) is 1.47. The van der Waals surface area contributed by atoms with Crippen LogP contribution in [0.25, 0.3) is 0 Å². The molecule has 0 fully saturated rings. The number of benzene rings is 1. The maximum Gasteiger partial charge on any atom is 0.339 e. The number of Topliss-reactive ketones (excluding diaryl/α,β-unsaturated/α-hetero) is 1. The first-order chi connectivity index (χ1) is 8.01. The second-order valence-electron chi connectivity index (χ2n) is 3.38. The van der Waals surface area contributed by atoms with Gasteiger partial charge in [-0.2, -0.15) is 5.26 Å². The number of esters is 1. The highest BCUT2D eigenvalue weighted by Gasteiger charge is 2.18. The average Bonchev–Trinajstić information content (AvgIpc) is 2.35. The first-order valence-electron chi connectivity index (χ1n) is 4.78. The Kier molecular flexibility index (Phi) is 4.24. The lowest BCUT2D eigenvalue weighted by Crippen LogP contribution is -2.08. The van der Waals surface area contributed by atoms with Gasteiger partial charge < -0.3 is 4.74 Å². The Morgan fingerprint density at radius 1 is 1.47 bits per heavy atom. The Balaban J connectivity index is 3.28. The van der Waals surface area contributed by atoms with Crippen LogP contribution >= 0.6 is 11.6 Å². The minimum atomic E-state index is -0.828. The van der Waals surface area contributed by atoms with Crippen LogP contribution in [0.5, 0.6) is 0 Å². The molecule has 88 valence electrons. The summed E-state index contributed by atoms with van der Waals surface area (Å²) in [6, 6.07) is 6.27. The summed E-state index contributed by atoms with van der Waals surface area (Å²) in [5, 5.41) is 8.02. The van der Waals surface area contributed by atoms with Crippen molar-refractivity contribution in [3.63, 3.8) is 0 Å². The lowest BCUT2D eigenvalue weighted by Gasteiger charge is -2.08. The molecule has 0 spiro atoms. The third-order valence-electron chi connectivity index (χ3n) is 2.22. The van der Waals surface area contributed by atoms with E-state index < -0.39 is 11.3 Å². The Morgan fingerprint density at radius 3 is 2.59 bits per heavy atom. The zero-order valence-corrected chi connectivity index (χ0v) is 10.1. The predicted molar refractivity (Wildman–Crippen MR) is 61.8 cm³/mol. The van der Waals surface area contributed by atoms with E-state index in [1.54, 1.807) is 6.07 Å². The van der Waals surface area contributed by atoms with Crippen LogP contribution in [-0.4, -0.2) is 18.9 Å². The molecule has 1 atom stereocenters. The van der Waals surface area contributed by atoms with Gasteiger partial charge in [0.05, 0.1) is 18.2 Å². The number of alkyl halides is 1. The fraction of sp³-hybridized carbons (Fsp3) is 0.250. The molecular weight excluding hydrogens is 242 g/mol. The first-order valence-corrected chi connectivity index (χ1v) is 5.21. The van der Waals surface area contributed by atoms with Crippen molar-refractivity contribution in [2.24, 2.45) is 0 Å². The Labute approximate surface area is 104 Å². The van der Waals surface area contributed by atoms with E-state index in [2.05, 4.69) is 4.74 Å². The molecule has 1 aromatic carbocycles. The number of halogens is 1. The molecule has 0 aliphatic carbocycles. The van der Waals surface area contributed by atoms with Gasteiger partial charge in [0.1, 0.15) is 11.4 Å². The first kappa shape index (κ1) is 13.2. The number of nitriles is 1. The van der Waals surface area contributed by atoms with Crippen LogP contribution in [0.2, 0.25) is 0 Å². The summed E-state index contributed by atoms with van der Waals surface area (Å²) >= 11 is 5.87. The minimum absolute atomic E-state index is 0.111. The van der Waals surface area contributed by atoms with E-state index in [0.29, 0.717) is 5.56 Å². The van der Waals surface area contributed by atoms with Crippen molar-refractivity contribution in [2.75, 3.05) is 7.11 Å². The maximum atomic E-state index is 11.4. The van der Waals surface area contributed by atoms with Crippen molar-refractivity contribution >= 4 is 23.4 Å². The summed E-state index contributed by atoms with van der Waals surface area (Å²) in [6.45, 7) is 1.35. The van der Waals surface area contributed by atoms with Crippen molar-refractivity contribution in [3.8, 4) is 6.07 Å². The number of hydrogen-bond donors (Lipinski definition) is 0. The molecule has 1 rings (SSSR count). The van der Waals surface area contributed by atoms with Gasteiger partial charge in [-0.3, -0.25) is 4.79 Å². The fourth-order valence-electron chi connectivity index (χ4n) is 1.33. The van der Waals surface area contributed by atoms with Gasteiger partial charge in [-0.25, -0.2) is 4.79 Å². The van der Waals surface area contributed by atoms with E-state index in [1.165, 1.54) is 26.2 Å². The number of ketones is 1. The van der Waals surface area contributed by atoms with Gasteiger partial charge in [0.2, 0.25) is 0 Å². The summed E-state index contributed by atoms with van der Waals surface area (Å²) in [4.78, 5) is 22.6. The topological polar surface area (TPSA) is 67.2 Å². The highest BCUT2D eigenvalue weighted by atomic mass is 35.5. The number of carbonyl (C=O) groups is 2. The second kappa shape index (κ2) is 5.46. The van der Waals surface area contributed by atoms with E-state index in [0.717, 1.165) is 0 Å². The lowest BCUT2D eigenvalue weighted by atomic mass is 10.0. The van der Waals surface area contributed by atoms with E-state index in [9.17, 15) is 9.59 Å². The van der Waals surface area contributed by atoms with Crippen LogP contribution in [0.15, 0.2) is 18.2 Å². The van der Waals surface area contributed by atoms with Crippen LogP contribution in [0, 0.1) is 11.3 Å². The molecule has 0 heterocycles. The smallest absolute Gasteiger partial charge is 0.339 e. The quantitative estimate of drug-likeness (QED) is 0.610. The van der Waals surface area contributed by atoms with Crippen molar-refractivity contribution in [1.29, 1.82) is 5.26 Å². The van der Waals surface area contributed by atoms with E-state index >= 15 is 0 Å². The van der Waals surface area contributed by atoms with Crippen molar-refractivity contribution in [1.82, 2.24) is 0 Å². The van der Waals surface area contributed by atoms with Crippen LogP contribution in [-0.2, 0) is 9.53 Å². The van der Waals surface area contributed by atoms with E-state index in [1.807, 2.05) is 6.07 Å². The van der Waals surface area contributed by atoms with Gasteiger partial charge in [-0.05, 0) is 24.6 Å². The predicted octanol–water partition coefficient (Wildman–Crippen LogP) is 2.21. The molecule has 0 bridgehead atoms. The number of rotatable bonds is 3. The average molecular weight is 252 g/mol. The molecule has 0 aromatic heterocycles. The highest BCUT2D eigenvalue weighted by molar-refractivity contribution is 6.30. The number of hydrogen-bond acceptors (Lipinski definition) is 4. The Morgan fingerprint density at radius 2 is 2.12 bits per heavy atom. The summed E-state index contributed by atoms with van der Waals surface area (Å²) in [7, 11) is 1.22. The zero-order chi connectivity index (χ0) is 13.0. The van der Waals surface area contributed by atoms with Gasteiger partial charge in [0, 0.05) is 0 Å². The van der Waals surface area contributed by atoms with Crippen LogP contribution in [0.4, 0.5) is 0 Å². The van der Waals surface area contributed by atoms with Crippen molar-refractivity contribution in [3.05, 3.63) is 34.9 Å². The van der Waals surface area contributed by atoms with Gasteiger partial charge in [-0.1, -0.05) is 6.07 Å². The number of nitrogens with zero attached hydrogens (tertiary/aromatic N) is 1. The van der Waals surface area contributed by atoms with E-state index in [4.69, 9.17) is 16.9 Å². The van der Waals surface area contributed by atoms with Crippen molar-refractivity contribution < 1.29 is 14.3 Å². The number of carbonyl (C=O) groups excluding carboxylic acids is 2. The van der Waals surface area contributed by atoms with Crippen LogP contribution in [0.3, 0.4) is 0 Å². The van der Waals surface area contributed by atoms with Gasteiger partial charge in [-0.15, -0.1) is 11.6 Å². The van der Waals surface area contributed by atoms with E-state index in [-0.39, 0.29) is 16.9 Å². The molecular formula is C12H10ClNO3. The molecule has 0 N–H and O–H groups in total. The molecule has 0 saturated carbocycles. The summed E-state index contributed by atoms with van der Waals surface area (Å²) in [5.41, 5.74) is 0.769. The molecule has 0 amide bonds. The second-order valence-corrected chi connectivity index (χ2v) is 3.82. The standard InChI is InChI=1S/C12H10ClNO3/c1-7(15)11(13)8-3-4-9(6-14)10(5-8)12(16)17-2/h3-5,11H,1-2H3. The van der Waals surface area contributed by atoms with Gasteiger partial charge >= 0.3 is 5.97 Å². The molecule has 0 saturated heterocycles.